The molecule has 0 aromatic heterocycles. The van der Waals surface area contributed by atoms with Gasteiger partial charge in [0.05, 0.1) is 0 Å². The van der Waals surface area contributed by atoms with E-state index in [1.54, 1.807) is 6.92 Å². The van der Waals surface area contributed by atoms with Crippen LogP contribution >= 0.6 is 0 Å². The van der Waals surface area contributed by atoms with E-state index in [-0.39, 0.29) is 5.70 Å². The zero-order valence-corrected chi connectivity index (χ0v) is 7.82. The first-order chi connectivity index (χ1) is 6.61. The molecule has 0 saturated carbocycles. The highest BCUT2D eigenvalue weighted by atomic mass is 16.4. The highest BCUT2D eigenvalue weighted by Crippen LogP contribution is 2.09. The van der Waals surface area contributed by atoms with Crippen LogP contribution in [0.1, 0.15) is 6.92 Å². The van der Waals surface area contributed by atoms with Gasteiger partial charge < -0.3 is 16.2 Å². The van der Waals surface area contributed by atoms with Crippen LogP contribution in [0.3, 0.4) is 0 Å². The van der Waals surface area contributed by atoms with Crippen LogP contribution in [0.15, 0.2) is 41.7 Å². The second-order valence-corrected chi connectivity index (χ2v) is 2.83. The number of rotatable bonds is 3. The average molecular weight is 192 g/mol. The number of nitrogens with two attached hydrogens (primary N) is 1. The smallest absolute Gasteiger partial charge is 0.353 e. The summed E-state index contributed by atoms with van der Waals surface area (Å²) in [5, 5.41) is 11.5. The van der Waals surface area contributed by atoms with Gasteiger partial charge in [-0.3, -0.25) is 0 Å². The largest absolute Gasteiger partial charge is 0.477 e. The molecule has 14 heavy (non-hydrogen) atoms. The maximum absolute atomic E-state index is 10.5. The fourth-order valence-corrected chi connectivity index (χ4v) is 0.966. The molecule has 0 heterocycles. The Kier molecular flexibility index (Phi) is 3.12. The monoisotopic (exact) mass is 192 g/mol. The molecule has 0 fully saturated rings. The predicted molar refractivity (Wildman–Crippen MR) is 54.6 cm³/mol. The number of hydrogen-bond donors (Lipinski definition) is 3. The van der Waals surface area contributed by atoms with Crippen LogP contribution in [0, 0.1) is 0 Å². The molecule has 0 atom stereocenters. The minimum Gasteiger partial charge on any atom is -0.477 e. The van der Waals surface area contributed by atoms with Crippen LogP contribution in [0.25, 0.3) is 0 Å². The lowest BCUT2D eigenvalue weighted by Gasteiger charge is -2.07. The quantitative estimate of drug-likeness (QED) is 0.632. The topological polar surface area (TPSA) is 75.3 Å². The number of aliphatic carboxylic acids is 1. The number of carbonyl (C=O) groups is 1. The lowest BCUT2D eigenvalue weighted by molar-refractivity contribution is -0.132. The molecule has 0 bridgehead atoms. The molecule has 0 saturated heterocycles. The molecule has 0 spiro atoms. The van der Waals surface area contributed by atoms with Gasteiger partial charge in [0.1, 0.15) is 5.70 Å². The minimum absolute atomic E-state index is 0.172. The molecule has 4 heteroatoms. The zero-order chi connectivity index (χ0) is 10.6. The predicted octanol–water partition coefficient (Wildman–Crippen LogP) is 1.37. The normalized spacial score (nSPS) is 11.8. The summed E-state index contributed by atoms with van der Waals surface area (Å²) in [6, 6.07) is 9.25. The van der Waals surface area contributed by atoms with Crippen molar-refractivity contribution >= 4 is 11.7 Å². The van der Waals surface area contributed by atoms with E-state index in [1.165, 1.54) is 0 Å². The SMILES string of the molecule is C/C(Nc1ccccc1)=C(/N)C(=O)O. The Morgan fingerprint density at radius 3 is 2.43 bits per heavy atom. The van der Waals surface area contributed by atoms with Crippen molar-refractivity contribution in [2.75, 3.05) is 5.32 Å². The standard InChI is InChI=1S/C10H12N2O2/c1-7(9(11)10(13)14)12-8-5-3-2-4-6-8/h2-6,12H,11H2,1H3,(H,13,14)/b9-7-. The average Bonchev–Trinajstić information content (AvgIpc) is 2.18. The summed E-state index contributed by atoms with van der Waals surface area (Å²) in [6.45, 7) is 1.62. The van der Waals surface area contributed by atoms with E-state index in [0.717, 1.165) is 5.69 Å². The molecule has 4 nitrogen and oxygen atoms in total. The van der Waals surface area contributed by atoms with Crippen LogP contribution < -0.4 is 11.1 Å². The highest BCUT2D eigenvalue weighted by Gasteiger charge is 2.05. The van der Waals surface area contributed by atoms with Crippen molar-refractivity contribution in [3.8, 4) is 0 Å². The van der Waals surface area contributed by atoms with Crippen molar-refractivity contribution in [3.63, 3.8) is 0 Å². The van der Waals surface area contributed by atoms with Gasteiger partial charge in [0, 0.05) is 11.4 Å². The van der Waals surface area contributed by atoms with E-state index in [4.69, 9.17) is 10.8 Å². The van der Waals surface area contributed by atoms with Gasteiger partial charge in [-0.1, -0.05) is 18.2 Å². The van der Waals surface area contributed by atoms with Crippen molar-refractivity contribution in [2.45, 2.75) is 6.92 Å². The highest BCUT2D eigenvalue weighted by molar-refractivity contribution is 5.86. The van der Waals surface area contributed by atoms with Crippen LogP contribution in [0.4, 0.5) is 5.69 Å². The Hall–Kier alpha value is -1.97. The molecule has 4 N–H and O–H groups in total. The van der Waals surface area contributed by atoms with Gasteiger partial charge in [-0.15, -0.1) is 0 Å². The third-order valence-electron chi connectivity index (χ3n) is 1.74. The van der Waals surface area contributed by atoms with Crippen molar-refractivity contribution < 1.29 is 9.90 Å². The van der Waals surface area contributed by atoms with Crippen LogP contribution in [0.5, 0.6) is 0 Å². The van der Waals surface area contributed by atoms with Crippen molar-refractivity contribution in [1.29, 1.82) is 0 Å². The van der Waals surface area contributed by atoms with Crippen LogP contribution in [-0.2, 0) is 4.79 Å². The van der Waals surface area contributed by atoms with E-state index in [2.05, 4.69) is 5.32 Å². The van der Waals surface area contributed by atoms with Crippen molar-refractivity contribution in [1.82, 2.24) is 0 Å². The van der Waals surface area contributed by atoms with Crippen LogP contribution in [0.2, 0.25) is 0 Å². The number of carboxylic acids is 1. The minimum atomic E-state index is -1.12. The first-order valence-corrected chi connectivity index (χ1v) is 4.13. The fraction of sp³-hybridized carbons (Fsp3) is 0.100. The molecule has 0 aliphatic rings. The summed E-state index contributed by atoms with van der Waals surface area (Å²) in [6.07, 6.45) is 0. The third-order valence-corrected chi connectivity index (χ3v) is 1.74. The number of hydrogen-bond acceptors (Lipinski definition) is 3. The van der Waals surface area contributed by atoms with Gasteiger partial charge >= 0.3 is 5.97 Å². The van der Waals surface area contributed by atoms with Gasteiger partial charge in [0.15, 0.2) is 0 Å². The van der Waals surface area contributed by atoms with E-state index in [1.807, 2.05) is 30.3 Å². The molecule has 0 aliphatic heterocycles. The summed E-state index contributed by atoms with van der Waals surface area (Å²) >= 11 is 0. The van der Waals surface area contributed by atoms with Crippen molar-refractivity contribution in [2.24, 2.45) is 5.73 Å². The van der Waals surface area contributed by atoms with E-state index >= 15 is 0 Å². The molecule has 0 amide bonds. The molecule has 1 rings (SSSR count). The number of nitrogens with one attached hydrogen (secondary N) is 1. The molecule has 1 aromatic carbocycles. The first-order valence-electron chi connectivity index (χ1n) is 4.13. The zero-order valence-electron chi connectivity index (χ0n) is 7.82. The second-order valence-electron chi connectivity index (χ2n) is 2.83. The number of allylic oxidation sites excluding steroid dienone is 1. The van der Waals surface area contributed by atoms with E-state index < -0.39 is 5.97 Å². The summed E-state index contributed by atoms with van der Waals surface area (Å²) in [7, 11) is 0. The number of carboxylic acid groups (broad SMARTS) is 1. The van der Waals surface area contributed by atoms with E-state index in [9.17, 15) is 4.79 Å². The Morgan fingerprint density at radius 1 is 1.36 bits per heavy atom. The third kappa shape index (κ3) is 2.52. The van der Waals surface area contributed by atoms with Crippen LogP contribution in [-0.4, -0.2) is 11.1 Å². The Balaban J connectivity index is 2.80. The maximum Gasteiger partial charge on any atom is 0.353 e. The van der Waals surface area contributed by atoms with E-state index in [0.29, 0.717) is 5.70 Å². The summed E-state index contributed by atoms with van der Waals surface area (Å²) in [5.41, 5.74) is 6.40. The Labute approximate surface area is 82.0 Å². The van der Waals surface area contributed by atoms with Gasteiger partial charge in [0.25, 0.3) is 0 Å². The number of para-hydroxylation sites is 1. The molecule has 0 unspecified atom stereocenters. The van der Waals surface area contributed by atoms with Gasteiger partial charge in [0.2, 0.25) is 0 Å². The van der Waals surface area contributed by atoms with Crippen molar-refractivity contribution in [3.05, 3.63) is 41.7 Å². The summed E-state index contributed by atoms with van der Waals surface area (Å²) in [5.74, 6) is -1.12. The molecule has 0 radical (unpaired) electrons. The Morgan fingerprint density at radius 2 is 1.93 bits per heavy atom. The molecular formula is C10H12N2O2. The molecule has 0 aliphatic carbocycles. The molecule has 74 valence electrons. The fourth-order valence-electron chi connectivity index (χ4n) is 0.966. The second kappa shape index (κ2) is 4.32. The first kappa shape index (κ1) is 10.1. The number of anilines is 1. The summed E-state index contributed by atoms with van der Waals surface area (Å²) < 4.78 is 0. The van der Waals surface area contributed by atoms with Gasteiger partial charge in [-0.2, -0.15) is 0 Å². The molecule has 1 aromatic rings. The lowest BCUT2D eigenvalue weighted by Crippen LogP contribution is -2.15. The Bertz CT molecular complexity index is 358. The van der Waals surface area contributed by atoms with Gasteiger partial charge in [-0.25, -0.2) is 4.79 Å². The van der Waals surface area contributed by atoms with Gasteiger partial charge in [-0.05, 0) is 19.1 Å². The lowest BCUT2D eigenvalue weighted by atomic mass is 10.3. The summed E-state index contributed by atoms with van der Waals surface area (Å²) in [4.78, 5) is 10.5. The maximum atomic E-state index is 10.5. The molecular weight excluding hydrogens is 180 g/mol. The number of benzene rings is 1.